The lowest BCUT2D eigenvalue weighted by atomic mass is 10.3. The van der Waals surface area contributed by atoms with Crippen LogP contribution in [-0.4, -0.2) is 15.4 Å². The van der Waals surface area contributed by atoms with Crippen LogP contribution >= 0.6 is 11.5 Å². The van der Waals surface area contributed by atoms with Crippen LogP contribution < -0.4 is 4.74 Å². The topological polar surface area (TPSA) is 59.4 Å². The fourth-order valence-corrected chi connectivity index (χ4v) is 1.84. The number of carboxylic acid groups (broad SMARTS) is 1. The Bertz CT molecular complexity index is 481. The Morgan fingerprint density at radius 2 is 2.12 bits per heavy atom. The highest BCUT2D eigenvalue weighted by atomic mass is 32.1. The molecule has 0 spiro atoms. The van der Waals surface area contributed by atoms with Crippen molar-refractivity contribution < 1.29 is 14.6 Å². The van der Waals surface area contributed by atoms with Gasteiger partial charge in [0.25, 0.3) is 0 Å². The number of benzene rings is 1. The predicted molar refractivity (Wildman–Crippen MR) is 59.8 cm³/mol. The van der Waals surface area contributed by atoms with Crippen molar-refractivity contribution >= 4 is 17.5 Å². The second-order valence-corrected chi connectivity index (χ2v) is 3.96. The molecule has 1 aromatic carbocycles. The molecule has 0 saturated heterocycles. The SMILES string of the molecule is O=C(O)c1cnsc1COc1ccccc1. The first-order chi connectivity index (χ1) is 7.77. The number of carboxylic acids is 1. The Morgan fingerprint density at radius 1 is 1.38 bits per heavy atom. The molecular weight excluding hydrogens is 226 g/mol. The molecule has 4 nitrogen and oxygen atoms in total. The first kappa shape index (κ1) is 10.6. The van der Waals surface area contributed by atoms with Gasteiger partial charge in [0.15, 0.2) is 0 Å². The fourth-order valence-electron chi connectivity index (χ4n) is 1.21. The number of carbonyl (C=O) groups is 1. The van der Waals surface area contributed by atoms with E-state index in [0.717, 1.165) is 11.5 Å². The maximum atomic E-state index is 10.8. The van der Waals surface area contributed by atoms with Gasteiger partial charge in [0.2, 0.25) is 0 Å². The van der Waals surface area contributed by atoms with Gasteiger partial charge in [-0.15, -0.1) is 0 Å². The molecule has 5 heteroatoms. The normalized spacial score (nSPS) is 10.0. The van der Waals surface area contributed by atoms with E-state index in [0.29, 0.717) is 10.6 Å². The molecule has 0 fully saturated rings. The largest absolute Gasteiger partial charge is 0.488 e. The van der Waals surface area contributed by atoms with Gasteiger partial charge in [0.1, 0.15) is 12.4 Å². The average Bonchev–Trinajstić information content (AvgIpc) is 2.76. The standard InChI is InChI=1S/C11H9NO3S/c13-11(14)9-6-12-16-10(9)7-15-8-4-2-1-3-5-8/h1-6H,7H2,(H,13,14). The summed E-state index contributed by atoms with van der Waals surface area (Å²) in [4.78, 5) is 11.4. The van der Waals surface area contributed by atoms with Crippen LogP contribution in [0.2, 0.25) is 0 Å². The summed E-state index contributed by atoms with van der Waals surface area (Å²) in [5.41, 5.74) is 0.209. The molecule has 0 atom stereocenters. The van der Waals surface area contributed by atoms with E-state index in [1.54, 1.807) is 0 Å². The third kappa shape index (κ3) is 2.38. The second-order valence-electron chi connectivity index (χ2n) is 3.07. The van der Waals surface area contributed by atoms with Gasteiger partial charge in [-0.1, -0.05) is 18.2 Å². The van der Waals surface area contributed by atoms with Crippen LogP contribution in [0.5, 0.6) is 5.75 Å². The number of hydrogen-bond donors (Lipinski definition) is 1. The number of ether oxygens (including phenoxy) is 1. The minimum Gasteiger partial charge on any atom is -0.488 e. The van der Waals surface area contributed by atoms with Gasteiger partial charge in [-0.3, -0.25) is 0 Å². The van der Waals surface area contributed by atoms with Crippen LogP contribution in [0, 0.1) is 0 Å². The van der Waals surface area contributed by atoms with Crippen molar-refractivity contribution in [3.05, 3.63) is 47.0 Å². The Hall–Kier alpha value is -1.88. The van der Waals surface area contributed by atoms with Crippen LogP contribution in [0.1, 0.15) is 15.2 Å². The highest BCUT2D eigenvalue weighted by molar-refractivity contribution is 7.06. The Morgan fingerprint density at radius 3 is 2.81 bits per heavy atom. The molecule has 0 aliphatic heterocycles. The summed E-state index contributed by atoms with van der Waals surface area (Å²) in [6, 6.07) is 9.26. The van der Waals surface area contributed by atoms with Crippen molar-refractivity contribution in [1.82, 2.24) is 4.37 Å². The van der Waals surface area contributed by atoms with Gasteiger partial charge in [0, 0.05) is 0 Å². The molecule has 0 amide bonds. The average molecular weight is 235 g/mol. The van der Waals surface area contributed by atoms with E-state index in [9.17, 15) is 4.79 Å². The lowest BCUT2D eigenvalue weighted by Gasteiger charge is -2.04. The smallest absolute Gasteiger partial charge is 0.338 e. The minimum absolute atomic E-state index is 0.209. The van der Waals surface area contributed by atoms with E-state index in [-0.39, 0.29) is 12.2 Å². The van der Waals surface area contributed by atoms with Gasteiger partial charge in [0.05, 0.1) is 16.6 Å². The van der Waals surface area contributed by atoms with Crippen LogP contribution in [-0.2, 0) is 6.61 Å². The summed E-state index contributed by atoms with van der Waals surface area (Å²) in [5.74, 6) is -0.257. The van der Waals surface area contributed by atoms with Crippen LogP contribution in [0.25, 0.3) is 0 Å². The molecule has 0 aliphatic carbocycles. The number of aromatic carboxylic acids is 1. The molecule has 0 unspecified atom stereocenters. The molecular formula is C11H9NO3S. The Balaban J connectivity index is 2.05. The number of aromatic nitrogens is 1. The van der Waals surface area contributed by atoms with Crippen LogP contribution in [0.15, 0.2) is 36.5 Å². The third-order valence-corrected chi connectivity index (χ3v) is 2.76. The molecule has 2 rings (SSSR count). The van der Waals surface area contributed by atoms with Crippen molar-refractivity contribution in [3.8, 4) is 5.75 Å². The van der Waals surface area contributed by atoms with Gasteiger partial charge < -0.3 is 9.84 Å². The third-order valence-electron chi connectivity index (χ3n) is 1.99. The molecule has 0 saturated carbocycles. The number of nitrogens with zero attached hydrogens (tertiary/aromatic N) is 1. The first-order valence-electron chi connectivity index (χ1n) is 4.62. The second kappa shape index (κ2) is 4.76. The molecule has 0 radical (unpaired) electrons. The molecule has 82 valence electrons. The summed E-state index contributed by atoms with van der Waals surface area (Å²) in [6.45, 7) is 0.232. The monoisotopic (exact) mass is 235 g/mol. The van der Waals surface area contributed by atoms with Gasteiger partial charge in [-0.05, 0) is 23.7 Å². The van der Waals surface area contributed by atoms with E-state index < -0.39 is 5.97 Å². The van der Waals surface area contributed by atoms with E-state index in [1.165, 1.54) is 6.20 Å². The first-order valence-corrected chi connectivity index (χ1v) is 5.39. The minimum atomic E-state index is -0.972. The molecule has 0 bridgehead atoms. The van der Waals surface area contributed by atoms with Crippen molar-refractivity contribution in [2.24, 2.45) is 0 Å². The van der Waals surface area contributed by atoms with Crippen molar-refractivity contribution in [2.75, 3.05) is 0 Å². The predicted octanol–water partition coefficient (Wildman–Crippen LogP) is 2.42. The van der Waals surface area contributed by atoms with Crippen molar-refractivity contribution in [1.29, 1.82) is 0 Å². The van der Waals surface area contributed by atoms with Crippen molar-refractivity contribution in [3.63, 3.8) is 0 Å². The van der Waals surface area contributed by atoms with Crippen LogP contribution in [0.4, 0.5) is 0 Å². The van der Waals surface area contributed by atoms with Gasteiger partial charge >= 0.3 is 5.97 Å². The Kier molecular flexibility index (Phi) is 3.16. The summed E-state index contributed by atoms with van der Waals surface area (Å²) >= 11 is 1.14. The maximum absolute atomic E-state index is 10.8. The molecule has 16 heavy (non-hydrogen) atoms. The van der Waals surface area contributed by atoms with Crippen LogP contribution in [0.3, 0.4) is 0 Å². The zero-order chi connectivity index (χ0) is 11.4. The fraction of sp³-hybridized carbons (Fsp3) is 0.0909. The zero-order valence-corrected chi connectivity index (χ0v) is 9.11. The quantitative estimate of drug-likeness (QED) is 0.884. The lowest BCUT2D eigenvalue weighted by Crippen LogP contribution is -2.01. The summed E-state index contributed by atoms with van der Waals surface area (Å²) < 4.78 is 9.28. The number of para-hydroxylation sites is 1. The van der Waals surface area contributed by atoms with E-state index in [2.05, 4.69) is 4.37 Å². The maximum Gasteiger partial charge on any atom is 0.338 e. The summed E-state index contributed by atoms with van der Waals surface area (Å²) in [5, 5.41) is 8.86. The summed E-state index contributed by atoms with van der Waals surface area (Å²) in [7, 11) is 0. The highest BCUT2D eigenvalue weighted by Gasteiger charge is 2.12. The molecule has 1 aromatic heterocycles. The molecule has 0 aliphatic rings. The van der Waals surface area contributed by atoms with Gasteiger partial charge in [-0.2, -0.15) is 4.37 Å². The number of hydrogen-bond acceptors (Lipinski definition) is 4. The van der Waals surface area contributed by atoms with E-state index in [4.69, 9.17) is 9.84 Å². The lowest BCUT2D eigenvalue weighted by molar-refractivity contribution is 0.0694. The number of rotatable bonds is 4. The van der Waals surface area contributed by atoms with Crippen molar-refractivity contribution in [2.45, 2.75) is 6.61 Å². The highest BCUT2D eigenvalue weighted by Crippen LogP contribution is 2.17. The molecule has 1 heterocycles. The van der Waals surface area contributed by atoms with E-state index in [1.807, 2.05) is 30.3 Å². The van der Waals surface area contributed by atoms with Gasteiger partial charge in [-0.25, -0.2) is 4.79 Å². The van der Waals surface area contributed by atoms with E-state index >= 15 is 0 Å². The summed E-state index contributed by atoms with van der Waals surface area (Å²) in [6.07, 6.45) is 1.34. The zero-order valence-electron chi connectivity index (χ0n) is 8.29. The Labute approximate surface area is 96.3 Å². The molecule has 2 aromatic rings. The molecule has 1 N–H and O–H groups in total.